The molecule has 0 N–H and O–H groups in total. The van der Waals surface area contributed by atoms with Gasteiger partial charge in [-0.3, -0.25) is 4.79 Å². The summed E-state index contributed by atoms with van der Waals surface area (Å²) in [4.78, 5) is 29.5. The monoisotopic (exact) mass is 465 g/mol. The molecule has 1 aromatic rings. The molecule has 1 aliphatic heterocycles. The molecule has 0 spiro atoms. The number of esters is 1. The van der Waals surface area contributed by atoms with Gasteiger partial charge in [0.2, 0.25) is 0 Å². The molecule has 0 radical (unpaired) electrons. The number of rotatable bonds is 4. The van der Waals surface area contributed by atoms with Crippen LogP contribution in [0.1, 0.15) is 90.9 Å². The summed E-state index contributed by atoms with van der Waals surface area (Å²) in [5.41, 5.74) is 0.812. The molecule has 2 atom stereocenters. The van der Waals surface area contributed by atoms with Gasteiger partial charge in [-0.15, -0.1) is 0 Å². The van der Waals surface area contributed by atoms with Crippen LogP contribution in [0.5, 0.6) is 5.75 Å². The third-order valence-corrected chi connectivity index (χ3v) is 5.74. The van der Waals surface area contributed by atoms with Crippen molar-refractivity contribution in [3.05, 3.63) is 29.3 Å². The van der Waals surface area contributed by atoms with E-state index in [9.17, 15) is 9.59 Å². The van der Waals surface area contributed by atoms with Crippen LogP contribution in [-0.2, 0) is 19.2 Å². The van der Waals surface area contributed by atoms with Gasteiger partial charge in [0, 0.05) is 11.4 Å². The van der Waals surface area contributed by atoms with Crippen molar-refractivity contribution in [3.8, 4) is 5.75 Å². The van der Waals surface area contributed by atoms with Gasteiger partial charge in [-0.25, -0.2) is 4.79 Å². The first kappa shape index (κ1) is 26.2. The fraction of sp³-hybridized carbons (Fsp3) is 0.640. The first-order chi connectivity index (χ1) is 15.4. The third-order valence-electron chi connectivity index (χ3n) is 5.49. The van der Waals surface area contributed by atoms with Gasteiger partial charge in [0.15, 0.2) is 6.10 Å². The highest BCUT2D eigenvalue weighted by atomic mass is 35.5. The van der Waals surface area contributed by atoms with E-state index in [1.165, 1.54) is 25.7 Å². The largest absolute Gasteiger partial charge is 0.479 e. The Balaban J connectivity index is 1.90. The van der Waals surface area contributed by atoms with Gasteiger partial charge in [0.25, 0.3) is 0 Å². The zero-order valence-electron chi connectivity index (χ0n) is 19.3. The number of benzene rings is 1. The van der Waals surface area contributed by atoms with Crippen LogP contribution in [0.4, 0.5) is 0 Å². The Morgan fingerprint density at radius 1 is 1.00 bits per heavy atom. The van der Waals surface area contributed by atoms with Crippen molar-refractivity contribution in [3.63, 3.8) is 0 Å². The topological polar surface area (TPSA) is 74.2 Å². The highest BCUT2D eigenvalue weighted by molar-refractivity contribution is 6.30. The van der Waals surface area contributed by atoms with E-state index < -0.39 is 12.1 Å². The van der Waals surface area contributed by atoms with E-state index >= 15 is 0 Å². The first-order valence-electron chi connectivity index (χ1n) is 11.8. The van der Waals surface area contributed by atoms with Gasteiger partial charge < -0.3 is 14.3 Å². The molecule has 1 aromatic carbocycles. The normalized spacial score (nSPS) is 22.0. The lowest BCUT2D eigenvalue weighted by molar-refractivity contribution is -0.151. The van der Waals surface area contributed by atoms with Gasteiger partial charge in [0.1, 0.15) is 5.75 Å². The minimum Gasteiger partial charge on any atom is -0.479 e. The van der Waals surface area contributed by atoms with Crippen molar-refractivity contribution in [2.24, 2.45) is 5.16 Å². The summed E-state index contributed by atoms with van der Waals surface area (Å²) in [6, 6.07) is 6.79. The van der Waals surface area contributed by atoms with E-state index in [2.05, 4.69) is 5.16 Å². The van der Waals surface area contributed by atoms with Gasteiger partial charge in [-0.1, -0.05) is 55.3 Å². The Hall–Kier alpha value is -2.08. The van der Waals surface area contributed by atoms with Gasteiger partial charge in [-0.2, -0.15) is 0 Å². The number of halogens is 1. The zero-order valence-corrected chi connectivity index (χ0v) is 20.1. The van der Waals surface area contributed by atoms with Crippen LogP contribution in [0, 0.1) is 0 Å². The smallest absolute Gasteiger partial charge is 0.374 e. The maximum Gasteiger partial charge on any atom is 0.374 e. The van der Waals surface area contributed by atoms with E-state index in [0.29, 0.717) is 30.0 Å². The average molecular weight is 466 g/mol. The highest BCUT2D eigenvalue weighted by Crippen LogP contribution is 2.18. The molecule has 2 unspecified atom stereocenters. The van der Waals surface area contributed by atoms with Crippen LogP contribution in [0.25, 0.3) is 0 Å². The molecule has 2 rings (SSSR count). The Morgan fingerprint density at radius 3 is 2.25 bits per heavy atom. The van der Waals surface area contributed by atoms with Crippen LogP contribution < -0.4 is 4.74 Å². The number of nitrogens with zero attached hydrogens (tertiary/aromatic N) is 1. The van der Waals surface area contributed by atoms with Crippen LogP contribution in [0.3, 0.4) is 0 Å². The fourth-order valence-corrected chi connectivity index (χ4v) is 3.66. The molecule has 32 heavy (non-hydrogen) atoms. The summed E-state index contributed by atoms with van der Waals surface area (Å²) in [5, 5.41) is 4.74. The summed E-state index contributed by atoms with van der Waals surface area (Å²) in [5.74, 6) is -0.159. The predicted octanol–water partition coefficient (Wildman–Crippen LogP) is 6.63. The zero-order chi connectivity index (χ0) is 23.2. The van der Waals surface area contributed by atoms with E-state index in [-0.39, 0.29) is 12.1 Å². The lowest BCUT2D eigenvalue weighted by atomic mass is 10.0. The average Bonchev–Trinajstić information content (AvgIpc) is 2.76. The molecule has 1 aliphatic rings. The van der Waals surface area contributed by atoms with Crippen molar-refractivity contribution in [2.45, 2.75) is 103 Å². The summed E-state index contributed by atoms with van der Waals surface area (Å²) in [6.45, 7) is 3.52. The van der Waals surface area contributed by atoms with Crippen molar-refractivity contribution in [1.82, 2.24) is 0 Å². The van der Waals surface area contributed by atoms with E-state index in [1.807, 2.05) is 6.92 Å². The molecule has 1 fully saturated rings. The highest BCUT2D eigenvalue weighted by Gasteiger charge is 2.18. The molecule has 0 aliphatic carbocycles. The van der Waals surface area contributed by atoms with E-state index in [4.69, 9.17) is 25.9 Å². The molecule has 0 bridgehead atoms. The molecule has 0 amide bonds. The molecule has 1 saturated heterocycles. The first-order valence-corrected chi connectivity index (χ1v) is 12.2. The molecule has 0 saturated carbocycles. The number of ether oxygens (including phenoxy) is 2. The Morgan fingerprint density at radius 2 is 1.59 bits per heavy atom. The Bertz CT molecular complexity index is 734. The molecule has 7 heteroatoms. The molecule has 0 aromatic heterocycles. The molecular formula is C25H36ClNO5. The summed E-state index contributed by atoms with van der Waals surface area (Å²) >= 11 is 5.87. The number of hydrogen-bond donors (Lipinski definition) is 0. The SMILES string of the molecule is CC1CCC(=NOC(=O)C(C)Oc2ccc(Cl)cc2)CCCCCCCCCCC(=O)O1. The molecule has 1 heterocycles. The predicted molar refractivity (Wildman–Crippen MR) is 126 cm³/mol. The van der Waals surface area contributed by atoms with Crippen molar-refractivity contribution >= 4 is 29.3 Å². The summed E-state index contributed by atoms with van der Waals surface area (Å²) in [6.07, 6.45) is 10.4. The van der Waals surface area contributed by atoms with Crippen LogP contribution >= 0.6 is 11.6 Å². The number of cyclic esters (lactones) is 1. The number of hydrogen-bond acceptors (Lipinski definition) is 6. The lowest BCUT2D eigenvalue weighted by Gasteiger charge is -2.15. The van der Waals surface area contributed by atoms with Gasteiger partial charge >= 0.3 is 11.9 Å². The minimum absolute atomic E-state index is 0.136. The second-order valence-electron chi connectivity index (χ2n) is 8.45. The summed E-state index contributed by atoms with van der Waals surface area (Å²) < 4.78 is 11.1. The number of carbonyl (C=O) groups excluding carboxylic acids is 2. The standard InChI is InChI=1S/C25H36ClNO5/c1-19-13-16-22(11-9-7-5-3-4-6-8-10-12-24(28)30-19)27-32-25(29)20(2)31-23-17-14-21(26)15-18-23/h14-15,17-20H,3-13,16H2,1-2H3. The van der Waals surface area contributed by atoms with Crippen molar-refractivity contribution in [2.75, 3.05) is 0 Å². The lowest BCUT2D eigenvalue weighted by Crippen LogP contribution is -2.25. The molecular weight excluding hydrogens is 430 g/mol. The fourth-order valence-electron chi connectivity index (χ4n) is 3.54. The quantitative estimate of drug-likeness (QED) is 0.283. The van der Waals surface area contributed by atoms with Crippen molar-refractivity contribution < 1.29 is 23.9 Å². The minimum atomic E-state index is -0.799. The third kappa shape index (κ3) is 11.0. The van der Waals surface area contributed by atoms with E-state index in [1.54, 1.807) is 31.2 Å². The Kier molecular flexibility index (Phi) is 12.2. The van der Waals surface area contributed by atoms with Gasteiger partial charge in [0.05, 0.1) is 11.8 Å². The van der Waals surface area contributed by atoms with Gasteiger partial charge in [-0.05, 0) is 70.2 Å². The second-order valence-corrected chi connectivity index (χ2v) is 8.89. The molecule has 178 valence electrons. The molecule has 6 nitrogen and oxygen atoms in total. The van der Waals surface area contributed by atoms with Crippen LogP contribution in [0.15, 0.2) is 29.4 Å². The summed E-state index contributed by atoms with van der Waals surface area (Å²) in [7, 11) is 0. The second kappa shape index (κ2) is 14.9. The van der Waals surface area contributed by atoms with Crippen LogP contribution in [-0.4, -0.2) is 29.9 Å². The van der Waals surface area contributed by atoms with Crippen LogP contribution in [0.2, 0.25) is 5.02 Å². The van der Waals surface area contributed by atoms with E-state index in [0.717, 1.165) is 37.8 Å². The maximum atomic E-state index is 12.3. The number of oxime groups is 1. The Labute approximate surface area is 196 Å². The number of carbonyl (C=O) groups is 2. The van der Waals surface area contributed by atoms with Crippen molar-refractivity contribution in [1.29, 1.82) is 0 Å². The maximum absolute atomic E-state index is 12.3.